The van der Waals surface area contributed by atoms with Crippen molar-refractivity contribution in [2.75, 3.05) is 13.7 Å². The van der Waals surface area contributed by atoms with Crippen molar-refractivity contribution < 1.29 is 14.6 Å². The molecule has 5 nitrogen and oxygen atoms in total. The molecule has 1 aliphatic rings. The maximum absolute atomic E-state index is 10.1. The maximum Gasteiger partial charge on any atom is 0.161 e. The van der Waals surface area contributed by atoms with E-state index >= 15 is 0 Å². The molecule has 0 fully saturated rings. The molecule has 24 heavy (non-hydrogen) atoms. The SMILES string of the molecule is CCOc1cc([C@H]2CC(c3cc(C)ccc3O)=NN2)ccc1OC. The van der Waals surface area contributed by atoms with Crippen LogP contribution in [-0.2, 0) is 0 Å². The fraction of sp³-hybridized carbons (Fsp3) is 0.316. The molecule has 0 unspecified atom stereocenters. The van der Waals surface area contributed by atoms with E-state index in [9.17, 15) is 5.11 Å². The van der Waals surface area contributed by atoms with Crippen molar-refractivity contribution in [2.24, 2.45) is 5.10 Å². The number of ether oxygens (including phenoxy) is 2. The van der Waals surface area contributed by atoms with E-state index in [1.54, 1.807) is 13.2 Å². The minimum absolute atomic E-state index is 0.0463. The summed E-state index contributed by atoms with van der Waals surface area (Å²) < 4.78 is 11.0. The summed E-state index contributed by atoms with van der Waals surface area (Å²) in [6, 6.07) is 11.5. The predicted octanol–water partition coefficient (Wildman–Crippen LogP) is 3.55. The van der Waals surface area contributed by atoms with Crippen LogP contribution >= 0.6 is 0 Å². The molecule has 126 valence electrons. The highest BCUT2D eigenvalue weighted by Gasteiger charge is 2.24. The smallest absolute Gasteiger partial charge is 0.161 e. The van der Waals surface area contributed by atoms with Gasteiger partial charge in [-0.25, -0.2) is 0 Å². The van der Waals surface area contributed by atoms with E-state index in [4.69, 9.17) is 9.47 Å². The Labute approximate surface area is 141 Å². The lowest BCUT2D eigenvalue weighted by Gasteiger charge is -2.15. The van der Waals surface area contributed by atoms with E-state index in [2.05, 4.69) is 10.5 Å². The standard InChI is InChI=1S/C19H22N2O3/c1-4-24-19-10-13(6-8-18(19)23-3)15-11-16(21-20-15)14-9-12(2)5-7-17(14)22/h5-10,15,20,22H,4,11H2,1-3H3/t15-/m1/s1. The summed E-state index contributed by atoms with van der Waals surface area (Å²) in [5.41, 5.74) is 6.96. The first-order valence-electron chi connectivity index (χ1n) is 8.05. The number of phenolic OH excluding ortho intramolecular Hbond substituents is 1. The molecular formula is C19H22N2O3. The van der Waals surface area contributed by atoms with Crippen molar-refractivity contribution in [3.8, 4) is 17.2 Å². The first-order valence-corrected chi connectivity index (χ1v) is 8.05. The van der Waals surface area contributed by atoms with Crippen LogP contribution in [0.25, 0.3) is 0 Å². The van der Waals surface area contributed by atoms with E-state index in [0.717, 1.165) is 33.9 Å². The monoisotopic (exact) mass is 326 g/mol. The van der Waals surface area contributed by atoms with Gasteiger partial charge in [-0.05, 0) is 43.7 Å². The van der Waals surface area contributed by atoms with Gasteiger partial charge < -0.3 is 20.0 Å². The average Bonchev–Trinajstić information content (AvgIpc) is 3.07. The molecule has 1 aliphatic heterocycles. The van der Waals surface area contributed by atoms with Crippen molar-refractivity contribution >= 4 is 5.71 Å². The number of hydrogen-bond acceptors (Lipinski definition) is 5. The molecule has 0 aromatic heterocycles. The number of nitrogens with one attached hydrogen (secondary N) is 1. The second-order valence-corrected chi connectivity index (χ2v) is 5.81. The zero-order chi connectivity index (χ0) is 17.1. The third-order valence-electron chi connectivity index (χ3n) is 4.11. The molecular weight excluding hydrogens is 304 g/mol. The van der Waals surface area contributed by atoms with Gasteiger partial charge in [0, 0.05) is 12.0 Å². The third-order valence-corrected chi connectivity index (χ3v) is 4.11. The van der Waals surface area contributed by atoms with Gasteiger partial charge in [-0.15, -0.1) is 0 Å². The van der Waals surface area contributed by atoms with Gasteiger partial charge in [0.05, 0.1) is 25.5 Å². The van der Waals surface area contributed by atoms with Crippen LogP contribution in [0.15, 0.2) is 41.5 Å². The van der Waals surface area contributed by atoms with Crippen LogP contribution in [0.3, 0.4) is 0 Å². The van der Waals surface area contributed by atoms with Gasteiger partial charge in [0.15, 0.2) is 11.5 Å². The second kappa shape index (κ2) is 6.83. The molecule has 0 amide bonds. The fourth-order valence-electron chi connectivity index (χ4n) is 2.86. The first kappa shape index (κ1) is 16.2. The molecule has 0 saturated heterocycles. The summed E-state index contributed by atoms with van der Waals surface area (Å²) in [6.07, 6.45) is 0.703. The highest BCUT2D eigenvalue weighted by atomic mass is 16.5. The maximum atomic E-state index is 10.1. The van der Waals surface area contributed by atoms with Crippen LogP contribution in [0, 0.1) is 6.92 Å². The lowest BCUT2D eigenvalue weighted by atomic mass is 9.97. The van der Waals surface area contributed by atoms with Crippen LogP contribution in [0.2, 0.25) is 0 Å². The minimum Gasteiger partial charge on any atom is -0.507 e. The van der Waals surface area contributed by atoms with Gasteiger partial charge in [-0.1, -0.05) is 17.7 Å². The van der Waals surface area contributed by atoms with Crippen LogP contribution in [0.4, 0.5) is 0 Å². The Morgan fingerprint density at radius 2 is 2.04 bits per heavy atom. The quantitative estimate of drug-likeness (QED) is 0.882. The summed E-state index contributed by atoms with van der Waals surface area (Å²) in [4.78, 5) is 0. The Hall–Kier alpha value is -2.69. The molecule has 0 aliphatic carbocycles. The third kappa shape index (κ3) is 3.15. The predicted molar refractivity (Wildman–Crippen MR) is 94.0 cm³/mol. The minimum atomic E-state index is 0.0463. The van der Waals surface area contributed by atoms with Gasteiger partial charge in [-0.3, -0.25) is 0 Å². The van der Waals surface area contributed by atoms with E-state index in [0.29, 0.717) is 13.0 Å². The lowest BCUT2D eigenvalue weighted by molar-refractivity contribution is 0.310. The average molecular weight is 326 g/mol. The highest BCUT2D eigenvalue weighted by Crippen LogP contribution is 2.34. The highest BCUT2D eigenvalue weighted by molar-refractivity contribution is 6.04. The van der Waals surface area contributed by atoms with Crippen LogP contribution in [0.5, 0.6) is 17.2 Å². The zero-order valence-electron chi connectivity index (χ0n) is 14.2. The number of rotatable bonds is 5. The molecule has 2 aromatic rings. The Morgan fingerprint density at radius 1 is 1.21 bits per heavy atom. The zero-order valence-corrected chi connectivity index (χ0v) is 14.2. The Morgan fingerprint density at radius 3 is 2.79 bits per heavy atom. The fourth-order valence-corrected chi connectivity index (χ4v) is 2.86. The molecule has 2 aromatic carbocycles. The summed E-state index contributed by atoms with van der Waals surface area (Å²) in [5.74, 6) is 1.70. The van der Waals surface area contributed by atoms with Crippen molar-refractivity contribution in [3.05, 3.63) is 53.1 Å². The Balaban J connectivity index is 1.82. The largest absolute Gasteiger partial charge is 0.507 e. The summed E-state index contributed by atoms with van der Waals surface area (Å²) >= 11 is 0. The molecule has 3 rings (SSSR count). The number of hydrazone groups is 1. The topological polar surface area (TPSA) is 63.1 Å². The number of phenols is 1. The van der Waals surface area contributed by atoms with Crippen molar-refractivity contribution in [2.45, 2.75) is 26.3 Å². The van der Waals surface area contributed by atoms with Gasteiger partial charge in [0.2, 0.25) is 0 Å². The van der Waals surface area contributed by atoms with Gasteiger partial charge in [0.1, 0.15) is 5.75 Å². The van der Waals surface area contributed by atoms with Gasteiger partial charge >= 0.3 is 0 Å². The summed E-state index contributed by atoms with van der Waals surface area (Å²) in [6.45, 7) is 4.53. The Kier molecular flexibility index (Phi) is 4.60. The number of hydrogen-bond donors (Lipinski definition) is 2. The van der Waals surface area contributed by atoms with E-state index in [-0.39, 0.29) is 11.8 Å². The van der Waals surface area contributed by atoms with E-state index < -0.39 is 0 Å². The van der Waals surface area contributed by atoms with Crippen LogP contribution in [-0.4, -0.2) is 24.5 Å². The molecule has 0 bridgehead atoms. The summed E-state index contributed by atoms with van der Waals surface area (Å²) in [5, 5.41) is 14.5. The summed E-state index contributed by atoms with van der Waals surface area (Å²) in [7, 11) is 1.63. The number of nitrogens with zero attached hydrogens (tertiary/aromatic N) is 1. The van der Waals surface area contributed by atoms with Crippen molar-refractivity contribution in [1.29, 1.82) is 0 Å². The number of benzene rings is 2. The van der Waals surface area contributed by atoms with Crippen molar-refractivity contribution in [1.82, 2.24) is 5.43 Å². The van der Waals surface area contributed by atoms with Crippen molar-refractivity contribution in [3.63, 3.8) is 0 Å². The number of aryl methyl sites for hydroxylation is 1. The molecule has 2 N–H and O–H groups in total. The molecule has 1 atom stereocenters. The normalized spacial score (nSPS) is 16.5. The molecule has 5 heteroatoms. The van der Waals surface area contributed by atoms with Gasteiger partial charge in [-0.2, -0.15) is 5.10 Å². The van der Waals surface area contributed by atoms with Crippen LogP contribution in [0.1, 0.15) is 36.1 Å². The first-order chi connectivity index (χ1) is 11.6. The molecule has 0 spiro atoms. The van der Waals surface area contributed by atoms with E-state index in [1.165, 1.54) is 0 Å². The lowest BCUT2D eigenvalue weighted by Crippen LogP contribution is -2.10. The van der Waals surface area contributed by atoms with E-state index in [1.807, 2.05) is 44.2 Å². The molecule has 1 heterocycles. The van der Waals surface area contributed by atoms with Gasteiger partial charge in [0.25, 0.3) is 0 Å². The second-order valence-electron chi connectivity index (χ2n) is 5.81. The molecule has 0 radical (unpaired) electrons. The Bertz CT molecular complexity index is 771. The van der Waals surface area contributed by atoms with Crippen LogP contribution < -0.4 is 14.9 Å². The molecule has 0 saturated carbocycles. The number of methoxy groups -OCH3 is 1. The number of aromatic hydroxyl groups is 1.